The SMILES string of the molecule is N#Cc1cncn1C1COC1. The highest BCUT2D eigenvalue weighted by Gasteiger charge is 2.21. The highest BCUT2D eigenvalue weighted by Crippen LogP contribution is 2.17. The van der Waals surface area contributed by atoms with Crippen LogP contribution >= 0.6 is 0 Å². The Labute approximate surface area is 64.0 Å². The summed E-state index contributed by atoms with van der Waals surface area (Å²) in [6.45, 7) is 1.40. The van der Waals surface area contributed by atoms with Crippen molar-refractivity contribution in [2.75, 3.05) is 13.2 Å². The van der Waals surface area contributed by atoms with Gasteiger partial charge in [-0.2, -0.15) is 5.26 Å². The van der Waals surface area contributed by atoms with Crippen molar-refractivity contribution in [1.82, 2.24) is 9.55 Å². The number of nitrogens with zero attached hydrogens (tertiary/aromatic N) is 3. The standard InChI is InChI=1S/C7H7N3O/c8-1-6-2-9-5-10(6)7-3-11-4-7/h2,5,7H,3-4H2. The molecule has 0 spiro atoms. The van der Waals surface area contributed by atoms with E-state index in [9.17, 15) is 0 Å². The summed E-state index contributed by atoms with van der Waals surface area (Å²) >= 11 is 0. The number of rotatable bonds is 1. The van der Waals surface area contributed by atoms with Gasteiger partial charge in [-0.3, -0.25) is 0 Å². The maximum Gasteiger partial charge on any atom is 0.140 e. The minimum atomic E-state index is 0.326. The molecule has 11 heavy (non-hydrogen) atoms. The first-order valence-corrected chi connectivity index (χ1v) is 3.41. The molecular formula is C7H7N3O. The fraction of sp³-hybridized carbons (Fsp3) is 0.429. The van der Waals surface area contributed by atoms with Gasteiger partial charge in [0.1, 0.15) is 11.8 Å². The van der Waals surface area contributed by atoms with Crippen LogP contribution in [0.4, 0.5) is 0 Å². The average molecular weight is 149 g/mol. The Morgan fingerprint density at radius 3 is 3.09 bits per heavy atom. The third kappa shape index (κ3) is 0.900. The van der Waals surface area contributed by atoms with Gasteiger partial charge in [0.15, 0.2) is 0 Å². The number of hydrogen-bond acceptors (Lipinski definition) is 3. The largest absolute Gasteiger partial charge is 0.377 e. The van der Waals surface area contributed by atoms with Gasteiger partial charge in [-0.15, -0.1) is 0 Å². The van der Waals surface area contributed by atoms with Crippen molar-refractivity contribution in [3.63, 3.8) is 0 Å². The van der Waals surface area contributed by atoms with E-state index in [1.165, 1.54) is 0 Å². The number of nitriles is 1. The second kappa shape index (κ2) is 2.36. The van der Waals surface area contributed by atoms with Gasteiger partial charge < -0.3 is 9.30 Å². The van der Waals surface area contributed by atoms with Crippen LogP contribution in [0.1, 0.15) is 11.7 Å². The minimum Gasteiger partial charge on any atom is -0.377 e. The van der Waals surface area contributed by atoms with Crippen molar-refractivity contribution in [3.05, 3.63) is 18.2 Å². The summed E-state index contributed by atoms with van der Waals surface area (Å²) in [6, 6.07) is 2.40. The lowest BCUT2D eigenvalue weighted by atomic mass is 10.2. The van der Waals surface area contributed by atoms with Crippen LogP contribution in [0, 0.1) is 11.3 Å². The quantitative estimate of drug-likeness (QED) is 0.578. The van der Waals surface area contributed by atoms with E-state index in [0.29, 0.717) is 24.9 Å². The molecule has 1 fully saturated rings. The number of aromatic nitrogens is 2. The predicted octanol–water partition coefficient (Wildman–Crippen LogP) is 0.326. The van der Waals surface area contributed by atoms with Crippen LogP contribution in [0.3, 0.4) is 0 Å². The number of imidazole rings is 1. The van der Waals surface area contributed by atoms with Crippen molar-refractivity contribution in [1.29, 1.82) is 5.26 Å². The van der Waals surface area contributed by atoms with Crippen LogP contribution in [0.2, 0.25) is 0 Å². The number of hydrogen-bond donors (Lipinski definition) is 0. The zero-order valence-corrected chi connectivity index (χ0v) is 5.90. The van der Waals surface area contributed by atoms with Crippen LogP contribution in [-0.2, 0) is 4.74 Å². The molecule has 2 heterocycles. The molecule has 1 aliphatic rings. The molecular weight excluding hydrogens is 142 g/mol. The fourth-order valence-corrected chi connectivity index (χ4v) is 1.07. The van der Waals surface area contributed by atoms with Gasteiger partial charge in [-0.1, -0.05) is 0 Å². The normalized spacial score (nSPS) is 17.4. The summed E-state index contributed by atoms with van der Waals surface area (Å²) in [7, 11) is 0. The third-order valence-electron chi connectivity index (χ3n) is 1.79. The topological polar surface area (TPSA) is 50.8 Å². The Hall–Kier alpha value is -1.34. The maximum atomic E-state index is 8.62. The van der Waals surface area contributed by atoms with Gasteiger partial charge in [-0.05, 0) is 0 Å². The van der Waals surface area contributed by atoms with Crippen LogP contribution in [-0.4, -0.2) is 22.8 Å². The highest BCUT2D eigenvalue weighted by molar-refractivity contribution is 5.18. The molecule has 1 saturated heterocycles. The van der Waals surface area contributed by atoms with E-state index < -0.39 is 0 Å². The van der Waals surface area contributed by atoms with E-state index >= 15 is 0 Å². The van der Waals surface area contributed by atoms with E-state index in [1.54, 1.807) is 12.5 Å². The summed E-state index contributed by atoms with van der Waals surface area (Å²) in [4.78, 5) is 3.88. The summed E-state index contributed by atoms with van der Waals surface area (Å²) in [5.74, 6) is 0. The maximum absolute atomic E-state index is 8.62. The average Bonchev–Trinajstić information content (AvgIpc) is 2.32. The molecule has 1 aromatic rings. The Kier molecular flexibility index (Phi) is 1.37. The molecule has 2 rings (SSSR count). The van der Waals surface area contributed by atoms with E-state index in [-0.39, 0.29) is 0 Å². The zero-order chi connectivity index (χ0) is 7.68. The molecule has 4 heteroatoms. The molecule has 0 radical (unpaired) electrons. The molecule has 0 amide bonds. The van der Waals surface area contributed by atoms with E-state index in [4.69, 9.17) is 10.00 Å². The molecule has 56 valence electrons. The van der Waals surface area contributed by atoms with Gasteiger partial charge in [0.2, 0.25) is 0 Å². The molecule has 4 nitrogen and oxygen atoms in total. The Bertz CT molecular complexity index is 295. The van der Waals surface area contributed by atoms with Crippen molar-refractivity contribution >= 4 is 0 Å². The van der Waals surface area contributed by atoms with Crippen LogP contribution in [0.5, 0.6) is 0 Å². The van der Waals surface area contributed by atoms with Crippen molar-refractivity contribution in [2.45, 2.75) is 6.04 Å². The summed E-state index contributed by atoms with van der Waals surface area (Å²) in [5.41, 5.74) is 0.610. The molecule has 0 aliphatic carbocycles. The molecule has 1 aliphatic heterocycles. The van der Waals surface area contributed by atoms with Gasteiger partial charge in [0, 0.05) is 0 Å². The van der Waals surface area contributed by atoms with Gasteiger partial charge in [0.05, 0.1) is 31.8 Å². The van der Waals surface area contributed by atoms with Crippen molar-refractivity contribution in [2.24, 2.45) is 0 Å². The molecule has 1 aromatic heterocycles. The van der Waals surface area contributed by atoms with E-state index in [0.717, 1.165) is 0 Å². The second-order valence-corrected chi connectivity index (χ2v) is 2.49. The molecule has 0 aromatic carbocycles. The van der Waals surface area contributed by atoms with Crippen LogP contribution in [0.25, 0.3) is 0 Å². The highest BCUT2D eigenvalue weighted by atomic mass is 16.5. The van der Waals surface area contributed by atoms with Gasteiger partial charge in [-0.25, -0.2) is 4.98 Å². The monoisotopic (exact) mass is 149 g/mol. The fourth-order valence-electron chi connectivity index (χ4n) is 1.07. The first kappa shape index (κ1) is 6.38. The second-order valence-electron chi connectivity index (χ2n) is 2.49. The lowest BCUT2D eigenvalue weighted by Crippen LogP contribution is -2.30. The smallest absolute Gasteiger partial charge is 0.140 e. The molecule has 0 saturated carbocycles. The lowest BCUT2D eigenvalue weighted by molar-refractivity contribution is -0.0236. The summed E-state index contributed by atoms with van der Waals surface area (Å²) < 4.78 is 6.85. The summed E-state index contributed by atoms with van der Waals surface area (Å²) in [5, 5.41) is 8.62. The van der Waals surface area contributed by atoms with Crippen molar-refractivity contribution in [3.8, 4) is 6.07 Å². The predicted molar refractivity (Wildman–Crippen MR) is 36.8 cm³/mol. The number of ether oxygens (including phenoxy) is 1. The first-order valence-electron chi connectivity index (χ1n) is 3.41. The zero-order valence-electron chi connectivity index (χ0n) is 5.90. The lowest BCUT2D eigenvalue weighted by Gasteiger charge is -2.27. The van der Waals surface area contributed by atoms with Crippen molar-refractivity contribution < 1.29 is 4.74 Å². The van der Waals surface area contributed by atoms with E-state index in [1.807, 2.05) is 4.57 Å². The Morgan fingerprint density at radius 1 is 1.73 bits per heavy atom. The van der Waals surface area contributed by atoms with Crippen LogP contribution < -0.4 is 0 Å². The summed E-state index contributed by atoms with van der Waals surface area (Å²) in [6.07, 6.45) is 3.24. The molecule has 0 atom stereocenters. The Balaban J connectivity index is 2.29. The first-order chi connectivity index (χ1) is 5.42. The van der Waals surface area contributed by atoms with E-state index in [2.05, 4.69) is 11.1 Å². The van der Waals surface area contributed by atoms with Gasteiger partial charge in [0.25, 0.3) is 0 Å². The Morgan fingerprint density at radius 2 is 2.55 bits per heavy atom. The minimum absolute atomic E-state index is 0.326. The molecule has 0 N–H and O–H groups in total. The third-order valence-corrected chi connectivity index (χ3v) is 1.79. The molecule has 0 unspecified atom stereocenters. The van der Waals surface area contributed by atoms with Crippen LogP contribution in [0.15, 0.2) is 12.5 Å². The molecule has 0 bridgehead atoms. The van der Waals surface area contributed by atoms with Gasteiger partial charge >= 0.3 is 0 Å².